The highest BCUT2D eigenvalue weighted by Crippen LogP contribution is 2.31. The van der Waals surface area contributed by atoms with Gasteiger partial charge in [-0.1, -0.05) is 23.7 Å². The van der Waals surface area contributed by atoms with Crippen molar-refractivity contribution < 1.29 is 27.6 Å². The smallest absolute Gasteiger partial charge is 0.402 e. The third-order valence-electron chi connectivity index (χ3n) is 3.53. The molecule has 2 aromatic carbocycles. The molecule has 0 spiro atoms. The highest BCUT2D eigenvalue weighted by Gasteiger charge is 2.31. The molecule has 0 saturated heterocycles. The Morgan fingerprint density at radius 3 is 2.59 bits per heavy atom. The van der Waals surface area contributed by atoms with Crippen molar-refractivity contribution >= 4 is 35.2 Å². The predicted molar refractivity (Wildman–Crippen MR) is 90.2 cm³/mol. The first-order chi connectivity index (χ1) is 12.6. The number of cyclic esters (lactones) is 1. The Bertz CT molecular complexity index is 1020. The molecular weight excluding hydrogens is 389 g/mol. The second kappa shape index (κ2) is 6.84. The van der Waals surface area contributed by atoms with Gasteiger partial charge in [0.25, 0.3) is 5.69 Å². The summed E-state index contributed by atoms with van der Waals surface area (Å²) in [5.41, 5.74) is -1.28. The molecule has 1 aliphatic rings. The number of carbonyl (C=O) groups is 1. The number of nitro groups is 1. The van der Waals surface area contributed by atoms with Gasteiger partial charge < -0.3 is 4.74 Å². The number of hydrogen-bond acceptors (Lipinski definition) is 5. The van der Waals surface area contributed by atoms with Crippen LogP contribution in [0, 0.1) is 10.1 Å². The van der Waals surface area contributed by atoms with Gasteiger partial charge in [-0.25, -0.2) is 9.79 Å². The second-order valence-electron chi connectivity index (χ2n) is 5.38. The largest absolute Gasteiger partial charge is 0.416 e. The fraction of sp³-hybridized carbons (Fsp3) is 0.0588. The van der Waals surface area contributed by atoms with Crippen LogP contribution in [0.5, 0.6) is 0 Å². The van der Waals surface area contributed by atoms with E-state index in [1.807, 2.05) is 0 Å². The van der Waals surface area contributed by atoms with E-state index in [4.69, 9.17) is 16.3 Å². The minimum atomic E-state index is -4.53. The molecule has 1 heterocycles. The van der Waals surface area contributed by atoms with E-state index in [-0.39, 0.29) is 27.7 Å². The second-order valence-corrected chi connectivity index (χ2v) is 5.79. The molecule has 0 N–H and O–H groups in total. The summed E-state index contributed by atoms with van der Waals surface area (Å²) in [6.07, 6.45) is -3.39. The number of carbonyl (C=O) groups excluding carboxylic acids is 1. The number of alkyl halides is 3. The van der Waals surface area contributed by atoms with E-state index in [1.165, 1.54) is 24.3 Å². The Hall–Kier alpha value is -3.20. The fourth-order valence-corrected chi connectivity index (χ4v) is 2.47. The van der Waals surface area contributed by atoms with Crippen LogP contribution in [-0.2, 0) is 15.7 Å². The molecule has 0 unspecified atom stereocenters. The lowest BCUT2D eigenvalue weighted by Gasteiger charge is -2.06. The van der Waals surface area contributed by atoms with E-state index >= 15 is 0 Å². The van der Waals surface area contributed by atoms with Crippen molar-refractivity contribution in [1.29, 1.82) is 0 Å². The van der Waals surface area contributed by atoms with Gasteiger partial charge in [0.1, 0.15) is 5.02 Å². The number of esters is 1. The molecule has 3 rings (SSSR count). The number of ether oxygens (including phenoxy) is 1. The maximum atomic E-state index is 12.8. The third kappa shape index (κ3) is 3.98. The summed E-state index contributed by atoms with van der Waals surface area (Å²) in [7, 11) is 0. The molecule has 138 valence electrons. The Morgan fingerprint density at radius 1 is 1.19 bits per heavy atom. The minimum absolute atomic E-state index is 0.101. The van der Waals surface area contributed by atoms with Crippen molar-refractivity contribution in [2.24, 2.45) is 4.99 Å². The van der Waals surface area contributed by atoms with Crippen LogP contribution in [0.3, 0.4) is 0 Å². The fourth-order valence-electron chi connectivity index (χ4n) is 2.28. The Labute approximate surface area is 154 Å². The highest BCUT2D eigenvalue weighted by atomic mass is 35.5. The first kappa shape index (κ1) is 18.6. The minimum Gasteiger partial charge on any atom is -0.402 e. The maximum Gasteiger partial charge on any atom is 0.416 e. The molecule has 0 atom stereocenters. The van der Waals surface area contributed by atoms with Gasteiger partial charge in [0, 0.05) is 11.6 Å². The van der Waals surface area contributed by atoms with Crippen molar-refractivity contribution in [3.8, 4) is 0 Å². The lowest BCUT2D eigenvalue weighted by Crippen LogP contribution is -2.06. The number of halogens is 4. The van der Waals surface area contributed by atoms with Crippen LogP contribution in [0.2, 0.25) is 5.02 Å². The van der Waals surface area contributed by atoms with Crippen LogP contribution in [0.1, 0.15) is 16.7 Å². The Morgan fingerprint density at radius 2 is 1.93 bits per heavy atom. The van der Waals surface area contributed by atoms with E-state index in [0.717, 1.165) is 24.3 Å². The van der Waals surface area contributed by atoms with Gasteiger partial charge in [-0.05, 0) is 35.9 Å². The SMILES string of the molecule is O=C1OC(c2ccc(Cl)c([N+](=O)[O-])c2)=NC1=Cc1cccc(C(F)(F)F)c1. The molecule has 2 aromatic rings. The van der Waals surface area contributed by atoms with Crippen LogP contribution in [0.25, 0.3) is 6.08 Å². The number of hydrogen-bond donors (Lipinski definition) is 0. The molecule has 6 nitrogen and oxygen atoms in total. The van der Waals surface area contributed by atoms with Gasteiger partial charge in [0.2, 0.25) is 5.90 Å². The zero-order chi connectivity index (χ0) is 19.8. The normalized spacial score (nSPS) is 15.6. The average Bonchev–Trinajstić information content (AvgIpc) is 2.95. The number of nitro benzene ring substituents is 1. The van der Waals surface area contributed by atoms with Crippen molar-refractivity contribution in [1.82, 2.24) is 0 Å². The molecule has 0 saturated carbocycles. The number of aliphatic imine (C=N–C) groups is 1. The zero-order valence-corrected chi connectivity index (χ0v) is 13.9. The van der Waals surface area contributed by atoms with Crippen LogP contribution in [-0.4, -0.2) is 16.8 Å². The van der Waals surface area contributed by atoms with Crippen LogP contribution >= 0.6 is 11.6 Å². The van der Waals surface area contributed by atoms with Crippen LogP contribution in [0.15, 0.2) is 53.2 Å². The number of rotatable bonds is 3. The Kier molecular flexibility index (Phi) is 4.71. The molecule has 0 radical (unpaired) electrons. The standard InChI is InChI=1S/C17H8ClF3N2O4/c18-12-5-4-10(8-14(12)23(25)26)15-22-13(16(24)27-15)7-9-2-1-3-11(6-9)17(19,20)21/h1-8H. The average molecular weight is 397 g/mol. The van der Waals surface area contributed by atoms with Crippen molar-refractivity contribution in [2.45, 2.75) is 6.18 Å². The zero-order valence-electron chi connectivity index (χ0n) is 13.2. The van der Waals surface area contributed by atoms with Crippen molar-refractivity contribution in [3.63, 3.8) is 0 Å². The number of nitrogens with zero attached hydrogens (tertiary/aromatic N) is 2. The molecule has 0 bridgehead atoms. The summed E-state index contributed by atoms with van der Waals surface area (Å²) in [5.74, 6) is -1.10. The maximum absolute atomic E-state index is 12.8. The van der Waals surface area contributed by atoms with Crippen LogP contribution in [0.4, 0.5) is 18.9 Å². The highest BCUT2D eigenvalue weighted by molar-refractivity contribution is 6.32. The summed E-state index contributed by atoms with van der Waals surface area (Å²) in [6, 6.07) is 8.03. The first-order valence-electron chi connectivity index (χ1n) is 7.29. The van der Waals surface area contributed by atoms with E-state index in [9.17, 15) is 28.1 Å². The van der Waals surface area contributed by atoms with Crippen LogP contribution < -0.4 is 0 Å². The van der Waals surface area contributed by atoms with Gasteiger partial charge in [-0.3, -0.25) is 10.1 Å². The summed E-state index contributed by atoms with van der Waals surface area (Å²) in [6.45, 7) is 0. The Balaban J connectivity index is 1.97. The predicted octanol–water partition coefficient (Wildman–Crippen LogP) is 4.61. The molecule has 1 aliphatic heterocycles. The monoisotopic (exact) mass is 396 g/mol. The van der Waals surface area contributed by atoms with Gasteiger partial charge in [0.15, 0.2) is 5.70 Å². The molecule has 10 heteroatoms. The van der Waals surface area contributed by atoms with Gasteiger partial charge in [-0.2, -0.15) is 13.2 Å². The van der Waals surface area contributed by atoms with Gasteiger partial charge in [0.05, 0.1) is 10.5 Å². The molecular formula is C17H8ClF3N2O4. The molecule has 0 amide bonds. The number of benzene rings is 2. The topological polar surface area (TPSA) is 81.8 Å². The summed E-state index contributed by atoms with van der Waals surface area (Å²) >= 11 is 5.72. The quantitative estimate of drug-likeness (QED) is 0.328. The molecule has 27 heavy (non-hydrogen) atoms. The van der Waals surface area contributed by atoms with Gasteiger partial charge in [-0.15, -0.1) is 0 Å². The lowest BCUT2D eigenvalue weighted by molar-refractivity contribution is -0.384. The summed E-state index contributed by atoms with van der Waals surface area (Å²) in [5, 5.41) is 10.8. The van der Waals surface area contributed by atoms with Gasteiger partial charge >= 0.3 is 12.1 Å². The van der Waals surface area contributed by atoms with Crippen molar-refractivity contribution in [2.75, 3.05) is 0 Å². The molecule has 0 aromatic heterocycles. The molecule has 0 fully saturated rings. The van der Waals surface area contributed by atoms with E-state index in [0.29, 0.717) is 0 Å². The lowest BCUT2D eigenvalue weighted by atomic mass is 10.1. The summed E-state index contributed by atoms with van der Waals surface area (Å²) < 4.78 is 43.3. The van der Waals surface area contributed by atoms with E-state index < -0.39 is 28.3 Å². The van der Waals surface area contributed by atoms with E-state index in [2.05, 4.69) is 4.99 Å². The van der Waals surface area contributed by atoms with Crippen molar-refractivity contribution in [3.05, 3.63) is 80.0 Å². The van der Waals surface area contributed by atoms with E-state index in [1.54, 1.807) is 0 Å². The first-order valence-corrected chi connectivity index (χ1v) is 7.67. The summed E-state index contributed by atoms with van der Waals surface area (Å²) in [4.78, 5) is 26.1. The third-order valence-corrected chi connectivity index (χ3v) is 3.85. The molecule has 0 aliphatic carbocycles.